The minimum atomic E-state index is -0.725. The summed E-state index contributed by atoms with van der Waals surface area (Å²) in [5, 5.41) is 12.5. The summed E-state index contributed by atoms with van der Waals surface area (Å²) in [6.45, 7) is 6.79. The van der Waals surface area contributed by atoms with Crippen molar-refractivity contribution in [3.05, 3.63) is 0 Å². The van der Waals surface area contributed by atoms with Crippen LogP contribution in [0.2, 0.25) is 0 Å². The van der Waals surface area contributed by atoms with E-state index in [0.29, 0.717) is 12.0 Å². The van der Waals surface area contributed by atoms with E-state index in [4.69, 9.17) is 0 Å². The Balaban J connectivity index is 1.82. The summed E-state index contributed by atoms with van der Waals surface area (Å²) in [5.41, 5.74) is 0.596. The second-order valence-electron chi connectivity index (χ2n) is 7.07. The quantitative estimate of drug-likeness (QED) is 0.813. The Labute approximate surface area is 122 Å². The van der Waals surface area contributed by atoms with Crippen LogP contribution in [0.4, 0.5) is 0 Å². The molecule has 1 aliphatic heterocycles. The van der Waals surface area contributed by atoms with Crippen LogP contribution in [0.15, 0.2) is 0 Å². The van der Waals surface area contributed by atoms with Crippen LogP contribution in [0.3, 0.4) is 0 Å². The molecule has 1 spiro atoms. The summed E-state index contributed by atoms with van der Waals surface area (Å²) in [4.78, 5) is 13.7. The van der Waals surface area contributed by atoms with Gasteiger partial charge >= 0.3 is 5.97 Å². The Morgan fingerprint density at radius 1 is 1.15 bits per heavy atom. The topological polar surface area (TPSA) is 52.6 Å². The number of nitrogens with one attached hydrogen (secondary N) is 1. The summed E-state index contributed by atoms with van der Waals surface area (Å²) in [5.74, 6) is -0.725. The van der Waals surface area contributed by atoms with Gasteiger partial charge in [-0.3, -0.25) is 4.79 Å². The Bertz CT molecular complexity index is 314. The number of nitrogens with zero attached hydrogens (tertiary/aromatic N) is 1. The molecule has 1 aliphatic carbocycles. The monoisotopic (exact) mass is 282 g/mol. The van der Waals surface area contributed by atoms with Crippen LogP contribution in [-0.4, -0.2) is 47.7 Å². The van der Waals surface area contributed by atoms with Crippen molar-refractivity contribution in [1.29, 1.82) is 0 Å². The Kier molecular flexibility index (Phi) is 5.44. The van der Waals surface area contributed by atoms with E-state index in [9.17, 15) is 9.90 Å². The average Bonchev–Trinajstić information content (AvgIpc) is 2.41. The van der Waals surface area contributed by atoms with Crippen LogP contribution in [0.1, 0.15) is 58.8 Å². The number of carboxylic acid groups (broad SMARTS) is 1. The molecular formula is C16H30N2O2. The zero-order chi connectivity index (χ0) is 14.6. The number of carbonyl (C=O) groups is 1. The predicted octanol–water partition coefficient (Wildman–Crippen LogP) is 2.48. The van der Waals surface area contributed by atoms with Gasteiger partial charge in [-0.2, -0.15) is 0 Å². The van der Waals surface area contributed by atoms with Crippen LogP contribution < -0.4 is 5.32 Å². The molecule has 1 saturated heterocycles. The first-order chi connectivity index (χ1) is 9.51. The van der Waals surface area contributed by atoms with E-state index in [1.54, 1.807) is 0 Å². The van der Waals surface area contributed by atoms with E-state index >= 15 is 0 Å². The molecule has 0 radical (unpaired) electrons. The van der Waals surface area contributed by atoms with Crippen LogP contribution in [-0.2, 0) is 4.79 Å². The Morgan fingerprint density at radius 3 is 2.25 bits per heavy atom. The van der Waals surface area contributed by atoms with Crippen LogP contribution in [0.25, 0.3) is 0 Å². The second-order valence-corrected chi connectivity index (χ2v) is 7.07. The highest BCUT2D eigenvalue weighted by molar-refractivity contribution is 5.73. The molecule has 1 atom stereocenters. The van der Waals surface area contributed by atoms with Gasteiger partial charge in [-0.25, -0.2) is 0 Å². The van der Waals surface area contributed by atoms with Gasteiger partial charge in [-0.05, 0) is 44.2 Å². The summed E-state index contributed by atoms with van der Waals surface area (Å²) < 4.78 is 0. The molecule has 0 amide bonds. The number of piperidine rings is 1. The molecule has 0 aromatic rings. The first-order valence-corrected chi connectivity index (χ1v) is 8.22. The van der Waals surface area contributed by atoms with Crippen molar-refractivity contribution in [2.24, 2.45) is 5.41 Å². The third kappa shape index (κ3) is 4.19. The summed E-state index contributed by atoms with van der Waals surface area (Å²) in [6, 6.07) is -0.221. The van der Waals surface area contributed by atoms with E-state index in [-0.39, 0.29) is 6.04 Å². The number of carboxylic acids is 1. The van der Waals surface area contributed by atoms with Crippen LogP contribution >= 0.6 is 0 Å². The lowest BCUT2D eigenvalue weighted by Gasteiger charge is -2.44. The van der Waals surface area contributed by atoms with Gasteiger partial charge in [0, 0.05) is 12.6 Å². The molecule has 2 rings (SSSR count). The normalized spacial score (nSPS) is 24.9. The van der Waals surface area contributed by atoms with Gasteiger partial charge < -0.3 is 15.3 Å². The maximum Gasteiger partial charge on any atom is 0.322 e. The summed E-state index contributed by atoms with van der Waals surface area (Å²) in [7, 11) is 0. The van der Waals surface area contributed by atoms with Gasteiger partial charge in [0.15, 0.2) is 0 Å². The third-order valence-corrected chi connectivity index (χ3v) is 5.10. The molecule has 20 heavy (non-hydrogen) atoms. The Morgan fingerprint density at radius 2 is 1.75 bits per heavy atom. The van der Waals surface area contributed by atoms with Gasteiger partial charge in [-0.15, -0.1) is 0 Å². The van der Waals surface area contributed by atoms with Crippen molar-refractivity contribution in [2.75, 3.05) is 19.6 Å². The van der Waals surface area contributed by atoms with Crippen molar-refractivity contribution in [2.45, 2.75) is 70.9 Å². The van der Waals surface area contributed by atoms with Crippen molar-refractivity contribution in [1.82, 2.24) is 10.2 Å². The zero-order valence-electron chi connectivity index (χ0n) is 13.0. The fraction of sp³-hybridized carbons (Fsp3) is 0.938. The fourth-order valence-electron chi connectivity index (χ4n) is 3.87. The fourth-order valence-corrected chi connectivity index (χ4v) is 3.87. The number of rotatable bonds is 5. The summed E-state index contributed by atoms with van der Waals surface area (Å²) >= 11 is 0. The number of aliphatic carboxylic acids is 1. The van der Waals surface area contributed by atoms with Gasteiger partial charge in [0.1, 0.15) is 6.04 Å². The third-order valence-electron chi connectivity index (χ3n) is 5.10. The molecule has 2 aliphatic rings. The van der Waals surface area contributed by atoms with Gasteiger partial charge in [-0.1, -0.05) is 33.1 Å². The van der Waals surface area contributed by atoms with E-state index in [1.165, 1.54) is 44.9 Å². The number of likely N-dealkylation sites (tertiary alicyclic amines) is 1. The average molecular weight is 282 g/mol. The molecule has 4 heteroatoms. The highest BCUT2D eigenvalue weighted by Crippen LogP contribution is 2.44. The smallest absolute Gasteiger partial charge is 0.322 e. The minimum absolute atomic E-state index is 0.213. The second kappa shape index (κ2) is 6.90. The zero-order valence-corrected chi connectivity index (χ0v) is 13.0. The van der Waals surface area contributed by atoms with Crippen molar-refractivity contribution in [3.63, 3.8) is 0 Å². The van der Waals surface area contributed by atoms with Crippen molar-refractivity contribution < 1.29 is 9.90 Å². The lowest BCUT2D eigenvalue weighted by Crippen LogP contribution is -2.51. The van der Waals surface area contributed by atoms with E-state index in [2.05, 4.69) is 10.2 Å². The van der Waals surface area contributed by atoms with Gasteiger partial charge in [0.2, 0.25) is 0 Å². The largest absolute Gasteiger partial charge is 0.480 e. The standard InChI is InChI=1S/C16H30N2O2/c1-13(2)17-14(15(19)20)12-18-10-8-16(9-11-18)6-4-3-5-7-16/h13-14,17H,3-12H2,1-2H3,(H,19,20). The van der Waals surface area contributed by atoms with E-state index in [0.717, 1.165) is 13.1 Å². The molecule has 1 unspecified atom stereocenters. The Hall–Kier alpha value is -0.610. The molecule has 2 fully saturated rings. The lowest BCUT2D eigenvalue weighted by molar-refractivity contribution is -0.140. The van der Waals surface area contributed by atoms with E-state index in [1.807, 2.05) is 13.8 Å². The van der Waals surface area contributed by atoms with Gasteiger partial charge in [0.25, 0.3) is 0 Å². The number of hydrogen-bond acceptors (Lipinski definition) is 3. The highest BCUT2D eigenvalue weighted by atomic mass is 16.4. The molecular weight excluding hydrogens is 252 g/mol. The molecule has 0 bridgehead atoms. The minimum Gasteiger partial charge on any atom is -0.480 e. The first-order valence-electron chi connectivity index (χ1n) is 8.22. The molecule has 4 nitrogen and oxygen atoms in total. The molecule has 0 aromatic heterocycles. The van der Waals surface area contributed by atoms with E-state index < -0.39 is 12.0 Å². The molecule has 116 valence electrons. The molecule has 1 heterocycles. The molecule has 2 N–H and O–H groups in total. The molecule has 0 aromatic carbocycles. The SMILES string of the molecule is CC(C)NC(CN1CCC2(CCCCC2)CC1)C(=O)O. The lowest BCUT2D eigenvalue weighted by atomic mass is 9.68. The predicted molar refractivity (Wildman–Crippen MR) is 80.9 cm³/mol. The van der Waals surface area contributed by atoms with Crippen LogP contribution in [0.5, 0.6) is 0 Å². The summed E-state index contributed by atoms with van der Waals surface area (Å²) in [6.07, 6.45) is 9.52. The van der Waals surface area contributed by atoms with Crippen molar-refractivity contribution >= 4 is 5.97 Å². The molecule has 1 saturated carbocycles. The maximum absolute atomic E-state index is 11.3. The van der Waals surface area contributed by atoms with Crippen LogP contribution in [0, 0.1) is 5.41 Å². The number of hydrogen-bond donors (Lipinski definition) is 2. The van der Waals surface area contributed by atoms with Crippen molar-refractivity contribution in [3.8, 4) is 0 Å². The maximum atomic E-state index is 11.3. The van der Waals surface area contributed by atoms with Gasteiger partial charge in [0.05, 0.1) is 0 Å². The first kappa shape index (κ1) is 15.8. The highest BCUT2D eigenvalue weighted by Gasteiger charge is 2.36.